The molecule has 12 heavy (non-hydrogen) atoms. The molecule has 0 aliphatic heterocycles. The summed E-state index contributed by atoms with van der Waals surface area (Å²) < 4.78 is 10.6. The van der Waals surface area contributed by atoms with Crippen LogP contribution in [0.15, 0.2) is 23.0 Å². The van der Waals surface area contributed by atoms with Gasteiger partial charge in [0.05, 0.1) is 7.11 Å². The summed E-state index contributed by atoms with van der Waals surface area (Å²) in [6, 6.07) is 0. The molecule has 0 radical (unpaired) electrons. The monoisotopic (exact) mass is 168 g/mol. The standard InChI is InChI=1S/C10H16O2/c1-7-5-6-9(11-3)10(12-4)8(7)2/h5,9H,6H2,1-4H3. The number of rotatable bonds is 2. The second-order valence-corrected chi connectivity index (χ2v) is 3.04. The topological polar surface area (TPSA) is 18.5 Å². The molecular weight excluding hydrogens is 152 g/mol. The van der Waals surface area contributed by atoms with Crippen LogP contribution in [0.5, 0.6) is 0 Å². The lowest BCUT2D eigenvalue weighted by Gasteiger charge is -2.23. The summed E-state index contributed by atoms with van der Waals surface area (Å²) in [5, 5.41) is 0. The first-order valence-electron chi connectivity index (χ1n) is 4.15. The van der Waals surface area contributed by atoms with Gasteiger partial charge in [0.1, 0.15) is 11.9 Å². The Morgan fingerprint density at radius 2 is 2.00 bits per heavy atom. The number of hydrogen-bond donors (Lipinski definition) is 0. The van der Waals surface area contributed by atoms with Crippen LogP contribution < -0.4 is 0 Å². The van der Waals surface area contributed by atoms with Crippen molar-refractivity contribution in [3.8, 4) is 0 Å². The van der Waals surface area contributed by atoms with Gasteiger partial charge in [-0.3, -0.25) is 0 Å². The summed E-state index contributed by atoms with van der Waals surface area (Å²) in [4.78, 5) is 0. The van der Waals surface area contributed by atoms with Crippen molar-refractivity contribution in [1.29, 1.82) is 0 Å². The average Bonchev–Trinajstić information content (AvgIpc) is 2.09. The first-order chi connectivity index (χ1) is 5.70. The number of allylic oxidation sites excluding steroid dienone is 2. The zero-order valence-corrected chi connectivity index (χ0v) is 8.18. The highest BCUT2D eigenvalue weighted by Gasteiger charge is 2.20. The van der Waals surface area contributed by atoms with Crippen molar-refractivity contribution < 1.29 is 9.47 Å². The third-order valence-electron chi connectivity index (χ3n) is 2.40. The Hall–Kier alpha value is -0.760. The van der Waals surface area contributed by atoms with E-state index in [9.17, 15) is 0 Å². The van der Waals surface area contributed by atoms with E-state index in [1.165, 1.54) is 11.1 Å². The van der Waals surface area contributed by atoms with Gasteiger partial charge in [0.2, 0.25) is 0 Å². The minimum absolute atomic E-state index is 0.110. The Balaban J connectivity index is 2.92. The van der Waals surface area contributed by atoms with E-state index in [2.05, 4.69) is 19.9 Å². The highest BCUT2D eigenvalue weighted by atomic mass is 16.5. The number of ether oxygens (including phenoxy) is 2. The summed E-state index contributed by atoms with van der Waals surface area (Å²) in [6.07, 6.45) is 3.22. The summed E-state index contributed by atoms with van der Waals surface area (Å²) in [5.74, 6) is 0.970. The van der Waals surface area contributed by atoms with Gasteiger partial charge in [-0.25, -0.2) is 0 Å². The molecule has 0 saturated heterocycles. The first kappa shape index (κ1) is 9.33. The SMILES string of the molecule is COC1=C(C)C(C)=CCC1OC. The molecule has 0 bridgehead atoms. The highest BCUT2D eigenvalue weighted by Crippen LogP contribution is 2.26. The molecule has 0 aromatic heterocycles. The summed E-state index contributed by atoms with van der Waals surface area (Å²) in [5.41, 5.74) is 2.50. The molecule has 1 unspecified atom stereocenters. The summed E-state index contributed by atoms with van der Waals surface area (Å²) in [7, 11) is 3.41. The second-order valence-electron chi connectivity index (χ2n) is 3.04. The minimum atomic E-state index is 0.110. The molecule has 0 heterocycles. The smallest absolute Gasteiger partial charge is 0.128 e. The van der Waals surface area contributed by atoms with Crippen LogP contribution in [0.2, 0.25) is 0 Å². The predicted molar refractivity (Wildman–Crippen MR) is 48.9 cm³/mol. The maximum atomic E-state index is 5.29. The predicted octanol–water partition coefficient (Wildman–Crippen LogP) is 2.27. The van der Waals surface area contributed by atoms with E-state index in [0.29, 0.717) is 0 Å². The Kier molecular flexibility index (Phi) is 2.93. The second kappa shape index (κ2) is 3.76. The molecule has 2 nitrogen and oxygen atoms in total. The molecule has 1 rings (SSSR count). The molecule has 0 aromatic rings. The highest BCUT2D eigenvalue weighted by molar-refractivity contribution is 5.35. The number of methoxy groups -OCH3 is 2. The molecule has 0 aromatic carbocycles. The molecule has 0 N–H and O–H groups in total. The maximum Gasteiger partial charge on any atom is 0.128 e. The lowest BCUT2D eigenvalue weighted by molar-refractivity contribution is 0.0771. The van der Waals surface area contributed by atoms with Crippen molar-refractivity contribution in [2.24, 2.45) is 0 Å². The van der Waals surface area contributed by atoms with Gasteiger partial charge in [-0.1, -0.05) is 6.08 Å². The van der Waals surface area contributed by atoms with Gasteiger partial charge >= 0.3 is 0 Å². The molecule has 1 atom stereocenters. The van der Waals surface area contributed by atoms with Crippen molar-refractivity contribution in [3.05, 3.63) is 23.0 Å². The van der Waals surface area contributed by atoms with Crippen LogP contribution in [-0.2, 0) is 9.47 Å². The maximum absolute atomic E-state index is 5.29. The van der Waals surface area contributed by atoms with E-state index >= 15 is 0 Å². The van der Waals surface area contributed by atoms with E-state index in [-0.39, 0.29) is 6.10 Å². The third-order valence-corrected chi connectivity index (χ3v) is 2.40. The van der Waals surface area contributed by atoms with Crippen LogP contribution in [-0.4, -0.2) is 20.3 Å². The van der Waals surface area contributed by atoms with Crippen molar-refractivity contribution in [2.45, 2.75) is 26.4 Å². The van der Waals surface area contributed by atoms with E-state index in [4.69, 9.17) is 9.47 Å². The third kappa shape index (κ3) is 1.53. The molecule has 1 aliphatic carbocycles. The molecule has 0 saturated carbocycles. The Morgan fingerprint density at radius 1 is 1.33 bits per heavy atom. The van der Waals surface area contributed by atoms with E-state index < -0.39 is 0 Å². The van der Waals surface area contributed by atoms with Crippen molar-refractivity contribution >= 4 is 0 Å². The fraction of sp³-hybridized carbons (Fsp3) is 0.600. The van der Waals surface area contributed by atoms with Crippen LogP contribution in [0.4, 0.5) is 0 Å². The molecule has 0 spiro atoms. The van der Waals surface area contributed by atoms with Gasteiger partial charge in [-0.15, -0.1) is 0 Å². The fourth-order valence-electron chi connectivity index (χ4n) is 1.47. The van der Waals surface area contributed by atoms with Crippen molar-refractivity contribution in [3.63, 3.8) is 0 Å². The van der Waals surface area contributed by atoms with Gasteiger partial charge in [-0.2, -0.15) is 0 Å². The molecule has 1 aliphatic rings. The van der Waals surface area contributed by atoms with Gasteiger partial charge in [-0.05, 0) is 31.4 Å². The van der Waals surface area contributed by atoms with Gasteiger partial charge < -0.3 is 9.47 Å². The summed E-state index contributed by atoms with van der Waals surface area (Å²) >= 11 is 0. The minimum Gasteiger partial charge on any atom is -0.498 e. The van der Waals surface area contributed by atoms with Crippen LogP contribution in [0.3, 0.4) is 0 Å². The lowest BCUT2D eigenvalue weighted by atomic mass is 9.97. The largest absolute Gasteiger partial charge is 0.498 e. The van der Waals surface area contributed by atoms with E-state index in [1.54, 1.807) is 14.2 Å². The molecule has 0 amide bonds. The Labute approximate surface area is 73.9 Å². The number of hydrogen-bond acceptors (Lipinski definition) is 2. The van der Waals surface area contributed by atoms with Crippen LogP contribution in [0, 0.1) is 0 Å². The molecular formula is C10H16O2. The van der Waals surface area contributed by atoms with Gasteiger partial charge in [0.15, 0.2) is 0 Å². The zero-order valence-electron chi connectivity index (χ0n) is 8.18. The Morgan fingerprint density at radius 3 is 2.50 bits per heavy atom. The zero-order chi connectivity index (χ0) is 9.14. The first-order valence-corrected chi connectivity index (χ1v) is 4.15. The normalized spacial score (nSPS) is 24.0. The van der Waals surface area contributed by atoms with E-state index in [1.807, 2.05) is 0 Å². The fourth-order valence-corrected chi connectivity index (χ4v) is 1.47. The summed E-state index contributed by atoms with van der Waals surface area (Å²) in [6.45, 7) is 4.16. The van der Waals surface area contributed by atoms with Crippen LogP contribution >= 0.6 is 0 Å². The molecule has 2 heteroatoms. The molecule has 68 valence electrons. The van der Waals surface area contributed by atoms with Crippen molar-refractivity contribution in [2.75, 3.05) is 14.2 Å². The lowest BCUT2D eigenvalue weighted by Crippen LogP contribution is -2.19. The van der Waals surface area contributed by atoms with Crippen LogP contribution in [0.1, 0.15) is 20.3 Å². The van der Waals surface area contributed by atoms with E-state index in [0.717, 1.165) is 12.2 Å². The average molecular weight is 168 g/mol. The molecule has 0 fully saturated rings. The van der Waals surface area contributed by atoms with Gasteiger partial charge in [0, 0.05) is 7.11 Å². The van der Waals surface area contributed by atoms with Gasteiger partial charge in [0.25, 0.3) is 0 Å². The quantitative estimate of drug-likeness (QED) is 0.629. The van der Waals surface area contributed by atoms with Crippen LogP contribution in [0.25, 0.3) is 0 Å². The van der Waals surface area contributed by atoms with Crippen molar-refractivity contribution in [1.82, 2.24) is 0 Å². The Bertz CT molecular complexity index is 226.